The van der Waals surface area contributed by atoms with Gasteiger partial charge in [-0.3, -0.25) is 0 Å². The van der Waals surface area contributed by atoms with Crippen molar-refractivity contribution in [2.24, 2.45) is 0 Å². The van der Waals surface area contributed by atoms with Gasteiger partial charge in [-0.25, -0.2) is 13.2 Å². The van der Waals surface area contributed by atoms with Crippen molar-refractivity contribution in [2.75, 3.05) is 5.32 Å². The van der Waals surface area contributed by atoms with Gasteiger partial charge in [-0.15, -0.1) is 0 Å². The van der Waals surface area contributed by atoms with Crippen LogP contribution in [0, 0.1) is 31.3 Å². The number of aryl methyl sites for hydroxylation is 2. The highest BCUT2D eigenvalue weighted by Gasteiger charge is 2.17. The molecule has 102 valence electrons. The zero-order valence-electron chi connectivity index (χ0n) is 10.9. The van der Waals surface area contributed by atoms with Crippen LogP contribution in [0.15, 0.2) is 22.6 Å². The van der Waals surface area contributed by atoms with Gasteiger partial charge < -0.3 is 9.73 Å². The molecule has 5 heteroatoms. The first-order valence-corrected chi connectivity index (χ1v) is 5.87. The third-order valence-electron chi connectivity index (χ3n) is 2.95. The van der Waals surface area contributed by atoms with Crippen molar-refractivity contribution in [3.63, 3.8) is 0 Å². The van der Waals surface area contributed by atoms with Gasteiger partial charge in [0.05, 0.1) is 11.7 Å². The number of nitrogens with one attached hydrogen (secondary N) is 1. The van der Waals surface area contributed by atoms with Gasteiger partial charge >= 0.3 is 0 Å². The van der Waals surface area contributed by atoms with Crippen LogP contribution in [0.2, 0.25) is 0 Å². The van der Waals surface area contributed by atoms with E-state index in [2.05, 4.69) is 5.32 Å². The highest BCUT2D eigenvalue weighted by molar-refractivity contribution is 5.47. The topological polar surface area (TPSA) is 25.2 Å². The van der Waals surface area contributed by atoms with Crippen LogP contribution in [-0.2, 0) is 0 Å². The van der Waals surface area contributed by atoms with Gasteiger partial charge in [-0.1, -0.05) is 0 Å². The molecule has 1 N–H and O–H groups in total. The molecule has 0 radical (unpaired) electrons. The van der Waals surface area contributed by atoms with E-state index in [-0.39, 0.29) is 11.7 Å². The van der Waals surface area contributed by atoms with Crippen molar-refractivity contribution in [1.29, 1.82) is 0 Å². The maximum absolute atomic E-state index is 13.5. The van der Waals surface area contributed by atoms with Crippen LogP contribution >= 0.6 is 0 Å². The number of benzene rings is 1. The molecule has 0 fully saturated rings. The van der Waals surface area contributed by atoms with Gasteiger partial charge in [0.25, 0.3) is 0 Å². The molecule has 0 aliphatic rings. The number of anilines is 1. The summed E-state index contributed by atoms with van der Waals surface area (Å²) < 4.78 is 44.9. The molecule has 1 unspecified atom stereocenters. The van der Waals surface area contributed by atoms with E-state index in [4.69, 9.17) is 4.42 Å². The van der Waals surface area contributed by atoms with E-state index in [1.807, 2.05) is 6.07 Å². The van der Waals surface area contributed by atoms with Crippen LogP contribution < -0.4 is 5.32 Å². The van der Waals surface area contributed by atoms with Crippen molar-refractivity contribution in [3.05, 3.63) is 52.7 Å². The summed E-state index contributed by atoms with van der Waals surface area (Å²) in [6, 6.07) is 3.61. The monoisotopic (exact) mass is 269 g/mol. The molecule has 0 spiro atoms. The normalized spacial score (nSPS) is 12.5. The van der Waals surface area contributed by atoms with E-state index < -0.39 is 17.5 Å². The number of rotatable bonds is 3. The third kappa shape index (κ3) is 2.59. The maximum atomic E-state index is 13.5. The smallest absolute Gasteiger partial charge is 0.196 e. The zero-order chi connectivity index (χ0) is 14.2. The Morgan fingerprint density at radius 3 is 2.37 bits per heavy atom. The lowest BCUT2D eigenvalue weighted by atomic mass is 10.1. The average Bonchev–Trinajstić information content (AvgIpc) is 2.69. The molecule has 1 aromatic heterocycles. The molecule has 0 saturated heterocycles. The highest BCUT2D eigenvalue weighted by Crippen LogP contribution is 2.27. The molecule has 1 aromatic carbocycles. The minimum atomic E-state index is -1.47. The lowest BCUT2D eigenvalue weighted by Gasteiger charge is -2.15. The lowest BCUT2D eigenvalue weighted by Crippen LogP contribution is -2.09. The van der Waals surface area contributed by atoms with Crippen LogP contribution in [0.5, 0.6) is 0 Å². The Bertz CT molecular complexity index is 607. The molecular formula is C14H14F3NO. The van der Waals surface area contributed by atoms with Crippen molar-refractivity contribution in [3.8, 4) is 0 Å². The molecule has 1 atom stereocenters. The van der Waals surface area contributed by atoms with Gasteiger partial charge in [0.2, 0.25) is 0 Å². The lowest BCUT2D eigenvalue weighted by molar-refractivity contribution is 0.448. The summed E-state index contributed by atoms with van der Waals surface area (Å²) in [7, 11) is 0. The fourth-order valence-corrected chi connectivity index (χ4v) is 2.03. The van der Waals surface area contributed by atoms with Crippen molar-refractivity contribution in [2.45, 2.75) is 26.8 Å². The van der Waals surface area contributed by atoms with Crippen molar-refractivity contribution >= 4 is 5.69 Å². The molecule has 0 aliphatic heterocycles. The molecule has 0 aliphatic carbocycles. The standard InChI is InChI=1S/C14H14F3NO/c1-7-6-10(9(3)19-7)8(2)18-12-5-4-11(15)13(16)14(12)17/h4-6,8,18H,1-3H3. The minimum Gasteiger partial charge on any atom is -0.466 e. The van der Waals surface area contributed by atoms with Gasteiger partial charge in [0, 0.05) is 5.56 Å². The first-order valence-electron chi connectivity index (χ1n) is 5.87. The SMILES string of the molecule is Cc1cc(C(C)Nc2ccc(F)c(F)c2F)c(C)o1. The molecule has 0 bridgehead atoms. The quantitative estimate of drug-likeness (QED) is 0.831. The van der Waals surface area contributed by atoms with Crippen molar-refractivity contribution in [1.82, 2.24) is 0 Å². The number of hydrogen-bond acceptors (Lipinski definition) is 2. The van der Waals surface area contributed by atoms with E-state index in [9.17, 15) is 13.2 Å². The maximum Gasteiger partial charge on any atom is 0.196 e. The van der Waals surface area contributed by atoms with Gasteiger partial charge in [-0.05, 0) is 39.0 Å². The summed E-state index contributed by atoms with van der Waals surface area (Å²) >= 11 is 0. The third-order valence-corrected chi connectivity index (χ3v) is 2.95. The summed E-state index contributed by atoms with van der Waals surface area (Å²) in [5.74, 6) is -2.44. The molecule has 2 nitrogen and oxygen atoms in total. The Balaban J connectivity index is 2.27. The van der Waals surface area contributed by atoms with Crippen LogP contribution in [0.4, 0.5) is 18.9 Å². The molecule has 0 saturated carbocycles. The van der Waals surface area contributed by atoms with Crippen LogP contribution in [0.3, 0.4) is 0 Å². The Hall–Kier alpha value is -1.91. The minimum absolute atomic E-state index is 0.0790. The molecule has 2 rings (SSSR count). The summed E-state index contributed by atoms with van der Waals surface area (Å²) in [4.78, 5) is 0. The number of furan rings is 1. The summed E-state index contributed by atoms with van der Waals surface area (Å²) in [5.41, 5.74) is 0.770. The van der Waals surface area contributed by atoms with Crippen molar-refractivity contribution < 1.29 is 17.6 Å². The van der Waals surface area contributed by atoms with E-state index >= 15 is 0 Å². The Labute approximate surface area is 109 Å². The second kappa shape index (κ2) is 4.99. The first-order chi connectivity index (χ1) is 8.90. The predicted molar refractivity (Wildman–Crippen MR) is 66.5 cm³/mol. The average molecular weight is 269 g/mol. The Kier molecular flexibility index (Phi) is 3.55. The van der Waals surface area contributed by atoms with Crippen LogP contribution in [-0.4, -0.2) is 0 Å². The number of hydrogen-bond donors (Lipinski definition) is 1. The van der Waals surface area contributed by atoms with E-state index in [0.29, 0.717) is 5.76 Å². The summed E-state index contributed by atoms with van der Waals surface area (Å²) in [6.07, 6.45) is 0. The summed E-state index contributed by atoms with van der Waals surface area (Å²) in [6.45, 7) is 5.39. The second-order valence-electron chi connectivity index (χ2n) is 4.46. The van der Waals surface area contributed by atoms with Crippen LogP contribution in [0.25, 0.3) is 0 Å². The highest BCUT2D eigenvalue weighted by atomic mass is 19.2. The zero-order valence-corrected chi connectivity index (χ0v) is 10.9. The molecule has 19 heavy (non-hydrogen) atoms. The molecule has 0 amide bonds. The fraction of sp³-hybridized carbons (Fsp3) is 0.286. The van der Waals surface area contributed by atoms with Gasteiger partial charge in [0.1, 0.15) is 11.5 Å². The molecule has 2 aromatic rings. The van der Waals surface area contributed by atoms with Gasteiger partial charge in [-0.2, -0.15) is 0 Å². The summed E-state index contributed by atoms with van der Waals surface area (Å²) in [5, 5.41) is 2.81. The number of halogens is 3. The van der Waals surface area contributed by atoms with E-state index in [0.717, 1.165) is 17.4 Å². The van der Waals surface area contributed by atoms with Crippen LogP contribution in [0.1, 0.15) is 30.0 Å². The largest absolute Gasteiger partial charge is 0.466 e. The Morgan fingerprint density at radius 2 is 1.79 bits per heavy atom. The first kappa shape index (κ1) is 13.5. The predicted octanol–water partition coefficient (Wildman–Crippen LogP) is 4.49. The second-order valence-corrected chi connectivity index (χ2v) is 4.46. The van der Waals surface area contributed by atoms with E-state index in [1.165, 1.54) is 6.07 Å². The molecule has 1 heterocycles. The Morgan fingerprint density at radius 1 is 1.11 bits per heavy atom. The fourth-order valence-electron chi connectivity index (χ4n) is 2.03. The molecular weight excluding hydrogens is 255 g/mol. The van der Waals surface area contributed by atoms with E-state index in [1.54, 1.807) is 20.8 Å². The van der Waals surface area contributed by atoms with Gasteiger partial charge in [0.15, 0.2) is 17.5 Å².